The molecular weight excluding hydrogens is 456 g/mol. The quantitative estimate of drug-likeness (QED) is 0.542. The molecule has 8 nitrogen and oxygen atoms in total. The molecule has 0 aliphatic carbocycles. The minimum absolute atomic E-state index is 0.00345. The molecule has 1 N–H and O–H groups in total. The first-order valence-electron chi connectivity index (χ1n) is 11.6. The van der Waals surface area contributed by atoms with Gasteiger partial charge in [-0.05, 0) is 43.0 Å². The first kappa shape index (κ1) is 25.7. The number of benzene rings is 2. The van der Waals surface area contributed by atoms with Crippen molar-refractivity contribution in [2.45, 2.75) is 56.6 Å². The monoisotopic (exact) mass is 488 g/mol. The van der Waals surface area contributed by atoms with Crippen LogP contribution in [0.4, 0.5) is 0 Å². The van der Waals surface area contributed by atoms with Gasteiger partial charge in [-0.25, -0.2) is 13.2 Å². The number of nitrogens with one attached hydrogen (secondary N) is 1. The molecule has 9 heteroatoms. The molecule has 0 spiro atoms. The number of nitrogens with zero attached hydrogens (tertiary/aromatic N) is 1. The van der Waals surface area contributed by atoms with Crippen LogP contribution in [0.1, 0.15) is 54.9 Å². The fourth-order valence-corrected chi connectivity index (χ4v) is 5.40. The smallest absolute Gasteiger partial charge is 0.342 e. The van der Waals surface area contributed by atoms with Crippen LogP contribution in [0.3, 0.4) is 0 Å². The van der Waals surface area contributed by atoms with Gasteiger partial charge in [0.25, 0.3) is 5.91 Å². The summed E-state index contributed by atoms with van der Waals surface area (Å²) in [7, 11) is -2.38. The maximum atomic E-state index is 13.2. The summed E-state index contributed by atoms with van der Waals surface area (Å²) in [6, 6.07) is 13.5. The van der Waals surface area contributed by atoms with Crippen molar-refractivity contribution in [3.63, 3.8) is 0 Å². The number of rotatable bonds is 9. The molecule has 1 amide bonds. The van der Waals surface area contributed by atoms with Gasteiger partial charge in [-0.2, -0.15) is 4.31 Å². The second kappa shape index (κ2) is 12.0. The number of sulfonamides is 1. The molecule has 1 atom stereocenters. The highest BCUT2D eigenvalue weighted by molar-refractivity contribution is 7.89. The molecule has 184 valence electrons. The number of carbonyl (C=O) groups is 2. The largest absolute Gasteiger partial charge is 0.496 e. The van der Waals surface area contributed by atoms with Crippen LogP contribution in [0.5, 0.6) is 5.75 Å². The average molecular weight is 489 g/mol. The van der Waals surface area contributed by atoms with Crippen LogP contribution in [0.15, 0.2) is 53.4 Å². The molecule has 34 heavy (non-hydrogen) atoms. The molecule has 1 saturated heterocycles. The number of hydrogen-bond donors (Lipinski definition) is 1. The van der Waals surface area contributed by atoms with Crippen LogP contribution < -0.4 is 10.1 Å². The third-order valence-electron chi connectivity index (χ3n) is 5.82. The van der Waals surface area contributed by atoms with Gasteiger partial charge < -0.3 is 14.8 Å². The lowest BCUT2D eigenvalue weighted by molar-refractivity contribution is -0.130. The summed E-state index contributed by atoms with van der Waals surface area (Å²) in [5.41, 5.74) is 0.887. The molecule has 3 rings (SSSR count). The molecule has 1 aliphatic heterocycles. The molecule has 0 aromatic heterocycles. The van der Waals surface area contributed by atoms with Gasteiger partial charge in [0.2, 0.25) is 10.0 Å². The Labute approximate surface area is 201 Å². The van der Waals surface area contributed by atoms with E-state index < -0.39 is 28.0 Å². The minimum Gasteiger partial charge on any atom is -0.496 e. The Morgan fingerprint density at radius 3 is 2.32 bits per heavy atom. The fraction of sp³-hybridized carbons (Fsp3) is 0.440. The van der Waals surface area contributed by atoms with Crippen LogP contribution in [0, 0.1) is 0 Å². The van der Waals surface area contributed by atoms with Gasteiger partial charge in [-0.3, -0.25) is 4.79 Å². The normalized spacial score (nSPS) is 15.7. The van der Waals surface area contributed by atoms with Crippen molar-refractivity contribution in [2.24, 2.45) is 0 Å². The van der Waals surface area contributed by atoms with Gasteiger partial charge in [0.05, 0.1) is 12.0 Å². The van der Waals surface area contributed by atoms with Crippen molar-refractivity contribution in [1.29, 1.82) is 0 Å². The second-order valence-corrected chi connectivity index (χ2v) is 10.1. The SMILES string of the molecule is CCC(OC(=O)c1cc(S(=O)(=O)N2CCCCCC2)ccc1OC)C(=O)NCc1ccccc1. The molecule has 1 fully saturated rings. The van der Waals surface area contributed by atoms with Crippen LogP contribution in [-0.2, 0) is 26.1 Å². The molecule has 1 heterocycles. The number of esters is 1. The van der Waals surface area contributed by atoms with Crippen molar-refractivity contribution in [3.05, 3.63) is 59.7 Å². The Bertz CT molecular complexity index is 1080. The van der Waals surface area contributed by atoms with E-state index in [-0.39, 0.29) is 22.6 Å². The number of ether oxygens (including phenoxy) is 2. The maximum Gasteiger partial charge on any atom is 0.342 e. The van der Waals surface area contributed by atoms with E-state index in [9.17, 15) is 18.0 Å². The summed E-state index contributed by atoms with van der Waals surface area (Å²) in [6.07, 6.45) is 2.85. The zero-order valence-electron chi connectivity index (χ0n) is 19.7. The van der Waals surface area contributed by atoms with Crippen molar-refractivity contribution in [2.75, 3.05) is 20.2 Å². The third kappa shape index (κ3) is 6.36. The number of carbonyl (C=O) groups excluding carboxylic acids is 2. The van der Waals surface area contributed by atoms with E-state index >= 15 is 0 Å². The van der Waals surface area contributed by atoms with Gasteiger partial charge in [-0.15, -0.1) is 0 Å². The van der Waals surface area contributed by atoms with E-state index in [4.69, 9.17) is 9.47 Å². The van der Waals surface area contributed by atoms with E-state index in [0.717, 1.165) is 31.2 Å². The predicted octanol–water partition coefficient (Wildman–Crippen LogP) is 3.51. The Morgan fingerprint density at radius 1 is 1.03 bits per heavy atom. The van der Waals surface area contributed by atoms with E-state index in [2.05, 4.69) is 5.32 Å². The van der Waals surface area contributed by atoms with Gasteiger partial charge in [0, 0.05) is 19.6 Å². The molecule has 1 unspecified atom stereocenters. The number of amides is 1. The molecule has 2 aromatic carbocycles. The standard InChI is InChI=1S/C25H32N2O6S/c1-3-22(24(28)26-18-19-11-7-6-8-12-19)33-25(29)21-17-20(13-14-23(21)32-2)34(30,31)27-15-9-4-5-10-16-27/h6-8,11-14,17,22H,3-5,9-10,15-16,18H2,1-2H3,(H,26,28). The van der Waals surface area contributed by atoms with E-state index in [1.807, 2.05) is 30.3 Å². The first-order chi connectivity index (χ1) is 16.4. The molecule has 0 bridgehead atoms. The lowest BCUT2D eigenvalue weighted by Gasteiger charge is -2.21. The Hall–Kier alpha value is -2.91. The van der Waals surface area contributed by atoms with Crippen molar-refractivity contribution >= 4 is 21.9 Å². The summed E-state index contributed by atoms with van der Waals surface area (Å²) >= 11 is 0. The summed E-state index contributed by atoms with van der Waals surface area (Å²) in [5.74, 6) is -1.06. The van der Waals surface area contributed by atoms with Crippen molar-refractivity contribution < 1.29 is 27.5 Å². The number of methoxy groups -OCH3 is 1. The highest BCUT2D eigenvalue weighted by Crippen LogP contribution is 2.27. The second-order valence-electron chi connectivity index (χ2n) is 8.19. The first-order valence-corrected chi connectivity index (χ1v) is 13.0. The molecule has 2 aromatic rings. The van der Waals surface area contributed by atoms with Crippen LogP contribution in [0.2, 0.25) is 0 Å². The molecular formula is C25H32N2O6S. The molecule has 1 aliphatic rings. The van der Waals surface area contributed by atoms with Crippen molar-refractivity contribution in [1.82, 2.24) is 9.62 Å². The zero-order valence-corrected chi connectivity index (χ0v) is 20.5. The zero-order chi connectivity index (χ0) is 24.6. The highest BCUT2D eigenvalue weighted by Gasteiger charge is 2.29. The van der Waals surface area contributed by atoms with Crippen LogP contribution >= 0.6 is 0 Å². The lowest BCUT2D eigenvalue weighted by Crippen LogP contribution is -2.37. The summed E-state index contributed by atoms with van der Waals surface area (Å²) in [6.45, 7) is 2.94. The Balaban J connectivity index is 1.76. The van der Waals surface area contributed by atoms with E-state index in [0.29, 0.717) is 19.6 Å². The molecule has 0 radical (unpaired) electrons. The van der Waals surface area contributed by atoms with Crippen LogP contribution in [0.25, 0.3) is 0 Å². The van der Waals surface area contributed by atoms with Crippen LogP contribution in [-0.4, -0.2) is 50.9 Å². The summed E-state index contributed by atoms with van der Waals surface area (Å²) in [5, 5.41) is 2.77. The highest BCUT2D eigenvalue weighted by atomic mass is 32.2. The topological polar surface area (TPSA) is 102 Å². The van der Waals surface area contributed by atoms with Gasteiger partial charge in [-0.1, -0.05) is 50.1 Å². The predicted molar refractivity (Wildman–Crippen MR) is 128 cm³/mol. The van der Waals surface area contributed by atoms with E-state index in [1.54, 1.807) is 6.92 Å². The number of hydrogen-bond acceptors (Lipinski definition) is 6. The molecule has 0 saturated carbocycles. The van der Waals surface area contributed by atoms with Crippen molar-refractivity contribution in [3.8, 4) is 5.75 Å². The average Bonchev–Trinajstić information content (AvgIpc) is 3.16. The fourth-order valence-electron chi connectivity index (χ4n) is 3.85. The van der Waals surface area contributed by atoms with Gasteiger partial charge in [0.15, 0.2) is 6.10 Å². The van der Waals surface area contributed by atoms with Gasteiger partial charge in [0.1, 0.15) is 11.3 Å². The summed E-state index contributed by atoms with van der Waals surface area (Å²) in [4.78, 5) is 25.6. The maximum absolute atomic E-state index is 13.2. The van der Waals surface area contributed by atoms with E-state index in [1.165, 1.54) is 29.6 Å². The third-order valence-corrected chi connectivity index (χ3v) is 7.71. The Morgan fingerprint density at radius 2 is 1.71 bits per heavy atom. The Kier molecular flexibility index (Phi) is 9.06. The summed E-state index contributed by atoms with van der Waals surface area (Å²) < 4.78 is 38.6. The van der Waals surface area contributed by atoms with Gasteiger partial charge >= 0.3 is 5.97 Å². The lowest BCUT2D eigenvalue weighted by atomic mass is 10.2. The minimum atomic E-state index is -3.77.